The highest BCUT2D eigenvalue weighted by Gasteiger charge is 2.07. The van der Waals surface area contributed by atoms with Gasteiger partial charge in [0, 0.05) is 11.6 Å². The second-order valence-electron chi connectivity index (χ2n) is 4.75. The molecule has 0 aliphatic carbocycles. The molecular weight excluding hydrogens is 267 g/mol. The number of nitriles is 1. The van der Waals surface area contributed by atoms with Crippen molar-refractivity contribution in [2.75, 3.05) is 0 Å². The van der Waals surface area contributed by atoms with Crippen molar-refractivity contribution in [2.24, 2.45) is 0 Å². The SMILES string of the molecule is N#Cc1ccc(F)cc1Cn1ccc2ccccc2c1=O. The van der Waals surface area contributed by atoms with Gasteiger partial charge in [0.25, 0.3) is 5.56 Å². The van der Waals surface area contributed by atoms with Crippen LogP contribution in [0.3, 0.4) is 0 Å². The molecular formula is C17H11FN2O. The molecule has 2 aromatic carbocycles. The van der Waals surface area contributed by atoms with Gasteiger partial charge in [0.2, 0.25) is 0 Å². The van der Waals surface area contributed by atoms with E-state index in [0.29, 0.717) is 16.5 Å². The Morgan fingerprint density at radius 2 is 1.95 bits per heavy atom. The molecule has 0 aliphatic heterocycles. The van der Waals surface area contributed by atoms with Crippen LogP contribution in [0, 0.1) is 17.1 Å². The maximum atomic E-state index is 13.3. The zero-order chi connectivity index (χ0) is 14.8. The standard InChI is InChI=1S/C17H11FN2O/c18-15-6-5-13(10-19)14(9-15)11-20-8-7-12-3-1-2-4-16(12)17(20)21/h1-9H,11H2. The summed E-state index contributed by atoms with van der Waals surface area (Å²) in [6.45, 7) is 0.171. The van der Waals surface area contributed by atoms with Crippen LogP contribution < -0.4 is 5.56 Å². The van der Waals surface area contributed by atoms with Gasteiger partial charge in [-0.1, -0.05) is 18.2 Å². The van der Waals surface area contributed by atoms with E-state index in [0.717, 1.165) is 5.39 Å². The maximum absolute atomic E-state index is 13.3. The highest BCUT2D eigenvalue weighted by atomic mass is 19.1. The summed E-state index contributed by atoms with van der Waals surface area (Å²) in [5.74, 6) is -0.419. The monoisotopic (exact) mass is 278 g/mol. The molecule has 4 heteroatoms. The Morgan fingerprint density at radius 3 is 2.76 bits per heavy atom. The summed E-state index contributed by atoms with van der Waals surface area (Å²) in [4.78, 5) is 12.4. The third kappa shape index (κ3) is 2.41. The predicted molar refractivity (Wildman–Crippen MR) is 78.4 cm³/mol. The predicted octanol–water partition coefficient (Wildman–Crippen LogP) is 3.06. The first-order valence-corrected chi connectivity index (χ1v) is 6.46. The van der Waals surface area contributed by atoms with Crippen molar-refractivity contribution in [1.82, 2.24) is 4.57 Å². The number of fused-ring (bicyclic) bond motifs is 1. The second kappa shape index (κ2) is 5.22. The van der Waals surface area contributed by atoms with E-state index in [9.17, 15) is 9.18 Å². The molecule has 3 rings (SSSR count). The van der Waals surface area contributed by atoms with E-state index >= 15 is 0 Å². The topological polar surface area (TPSA) is 45.8 Å². The lowest BCUT2D eigenvalue weighted by molar-refractivity contribution is 0.622. The van der Waals surface area contributed by atoms with Crippen LogP contribution in [0.5, 0.6) is 0 Å². The number of nitrogens with zero attached hydrogens (tertiary/aromatic N) is 2. The fraction of sp³-hybridized carbons (Fsp3) is 0.0588. The van der Waals surface area contributed by atoms with Crippen molar-refractivity contribution in [2.45, 2.75) is 6.54 Å². The van der Waals surface area contributed by atoms with Crippen molar-refractivity contribution in [3.63, 3.8) is 0 Å². The summed E-state index contributed by atoms with van der Waals surface area (Å²) >= 11 is 0. The first kappa shape index (κ1) is 13.1. The van der Waals surface area contributed by atoms with Crippen molar-refractivity contribution >= 4 is 10.8 Å². The van der Waals surface area contributed by atoms with Crippen molar-refractivity contribution in [3.05, 3.63) is 82.0 Å². The van der Waals surface area contributed by atoms with Crippen LogP contribution in [0.4, 0.5) is 4.39 Å². The zero-order valence-corrected chi connectivity index (χ0v) is 11.1. The summed E-state index contributed by atoms with van der Waals surface area (Å²) in [6, 6.07) is 15.1. The molecule has 0 atom stereocenters. The number of benzene rings is 2. The molecule has 0 radical (unpaired) electrons. The first-order valence-electron chi connectivity index (χ1n) is 6.46. The molecule has 0 unspecified atom stereocenters. The zero-order valence-electron chi connectivity index (χ0n) is 11.1. The molecule has 0 amide bonds. The van der Waals surface area contributed by atoms with Gasteiger partial charge in [-0.2, -0.15) is 5.26 Å². The Hall–Kier alpha value is -2.93. The lowest BCUT2D eigenvalue weighted by atomic mass is 10.1. The number of rotatable bonds is 2. The Bertz CT molecular complexity index is 922. The van der Waals surface area contributed by atoms with Crippen LogP contribution in [-0.2, 0) is 6.54 Å². The third-order valence-electron chi connectivity index (χ3n) is 3.41. The molecule has 0 aliphatic rings. The van der Waals surface area contributed by atoms with E-state index in [4.69, 9.17) is 5.26 Å². The first-order chi connectivity index (χ1) is 10.2. The second-order valence-corrected chi connectivity index (χ2v) is 4.75. The van der Waals surface area contributed by atoms with Crippen LogP contribution in [0.2, 0.25) is 0 Å². The minimum absolute atomic E-state index is 0.152. The van der Waals surface area contributed by atoms with E-state index in [1.165, 1.54) is 22.8 Å². The summed E-state index contributed by atoms with van der Waals surface area (Å²) in [5, 5.41) is 10.5. The summed E-state index contributed by atoms with van der Waals surface area (Å²) in [6.07, 6.45) is 1.66. The van der Waals surface area contributed by atoms with Crippen LogP contribution in [-0.4, -0.2) is 4.57 Å². The average molecular weight is 278 g/mol. The smallest absolute Gasteiger partial charge is 0.258 e. The fourth-order valence-electron chi connectivity index (χ4n) is 2.34. The molecule has 3 aromatic rings. The van der Waals surface area contributed by atoms with Crippen LogP contribution in [0.25, 0.3) is 10.8 Å². The van der Waals surface area contributed by atoms with Gasteiger partial charge in [0.1, 0.15) is 5.82 Å². The van der Waals surface area contributed by atoms with Gasteiger partial charge in [-0.25, -0.2) is 4.39 Å². The highest BCUT2D eigenvalue weighted by Crippen LogP contribution is 2.13. The average Bonchev–Trinajstić information content (AvgIpc) is 2.51. The van der Waals surface area contributed by atoms with Crippen molar-refractivity contribution in [1.29, 1.82) is 5.26 Å². The fourth-order valence-corrected chi connectivity index (χ4v) is 2.34. The van der Waals surface area contributed by atoms with Crippen LogP contribution >= 0.6 is 0 Å². The molecule has 0 fully saturated rings. The largest absolute Gasteiger partial charge is 0.311 e. The number of hydrogen-bond acceptors (Lipinski definition) is 2. The molecule has 0 saturated heterocycles. The summed E-state index contributed by atoms with van der Waals surface area (Å²) in [5.41, 5.74) is 0.715. The number of aromatic nitrogens is 1. The normalized spacial score (nSPS) is 10.5. The maximum Gasteiger partial charge on any atom is 0.258 e. The molecule has 3 nitrogen and oxygen atoms in total. The number of hydrogen-bond donors (Lipinski definition) is 0. The van der Waals surface area contributed by atoms with E-state index < -0.39 is 5.82 Å². The van der Waals surface area contributed by atoms with Crippen LogP contribution in [0.1, 0.15) is 11.1 Å². The molecule has 1 heterocycles. The summed E-state index contributed by atoms with van der Waals surface area (Å²) < 4.78 is 14.8. The van der Waals surface area contributed by atoms with Gasteiger partial charge in [0.05, 0.1) is 18.2 Å². The van der Waals surface area contributed by atoms with Gasteiger partial charge < -0.3 is 4.57 Å². The Morgan fingerprint density at radius 1 is 1.14 bits per heavy atom. The molecule has 0 N–H and O–H groups in total. The Labute approximate surface area is 120 Å². The molecule has 21 heavy (non-hydrogen) atoms. The molecule has 0 saturated carbocycles. The highest BCUT2D eigenvalue weighted by molar-refractivity contribution is 5.81. The van der Waals surface area contributed by atoms with Crippen molar-refractivity contribution < 1.29 is 4.39 Å². The van der Waals surface area contributed by atoms with E-state index in [1.54, 1.807) is 18.3 Å². The molecule has 102 valence electrons. The van der Waals surface area contributed by atoms with Gasteiger partial charge in [-0.05, 0) is 41.3 Å². The van der Waals surface area contributed by atoms with Gasteiger partial charge in [-0.3, -0.25) is 4.79 Å². The third-order valence-corrected chi connectivity index (χ3v) is 3.41. The van der Waals surface area contributed by atoms with E-state index in [-0.39, 0.29) is 12.1 Å². The van der Waals surface area contributed by atoms with Gasteiger partial charge >= 0.3 is 0 Å². The molecule has 0 spiro atoms. The Kier molecular flexibility index (Phi) is 3.25. The van der Waals surface area contributed by atoms with E-state index in [2.05, 4.69) is 0 Å². The lowest BCUT2D eigenvalue weighted by Crippen LogP contribution is -2.20. The number of halogens is 1. The molecule has 0 bridgehead atoms. The number of pyridine rings is 1. The van der Waals surface area contributed by atoms with Crippen molar-refractivity contribution in [3.8, 4) is 6.07 Å². The van der Waals surface area contributed by atoms with Gasteiger partial charge in [0.15, 0.2) is 0 Å². The molecule has 1 aromatic heterocycles. The minimum atomic E-state index is -0.419. The van der Waals surface area contributed by atoms with E-state index in [1.807, 2.05) is 24.3 Å². The Balaban J connectivity index is 2.11. The van der Waals surface area contributed by atoms with Crippen LogP contribution in [0.15, 0.2) is 59.5 Å². The summed E-state index contributed by atoms with van der Waals surface area (Å²) in [7, 11) is 0. The van der Waals surface area contributed by atoms with Gasteiger partial charge in [-0.15, -0.1) is 0 Å². The minimum Gasteiger partial charge on any atom is -0.311 e. The lowest BCUT2D eigenvalue weighted by Gasteiger charge is -2.09. The quantitative estimate of drug-likeness (QED) is 0.723.